The van der Waals surface area contributed by atoms with E-state index in [1.165, 1.54) is 16.7 Å². The third-order valence-corrected chi connectivity index (χ3v) is 3.05. The van der Waals surface area contributed by atoms with Gasteiger partial charge in [0.15, 0.2) is 6.29 Å². The Morgan fingerprint density at radius 3 is 2.17 bits per heavy atom. The van der Waals surface area contributed by atoms with Crippen LogP contribution in [0, 0.1) is 13.8 Å². The first-order valence-corrected chi connectivity index (χ1v) is 6.63. The molecule has 0 fully saturated rings. The Kier molecular flexibility index (Phi) is 6.33. The molecular formula is C15H25NO2. The average Bonchev–Trinajstić information content (AvgIpc) is 2.33. The highest BCUT2D eigenvalue weighted by atomic mass is 16.7. The van der Waals surface area contributed by atoms with E-state index in [9.17, 15) is 0 Å². The quantitative estimate of drug-likeness (QED) is 0.757. The number of aryl methyl sites for hydroxylation is 2. The lowest BCUT2D eigenvalue weighted by molar-refractivity contribution is -0.148. The van der Waals surface area contributed by atoms with Crippen LogP contribution < -0.4 is 5.73 Å². The zero-order chi connectivity index (χ0) is 13.5. The fraction of sp³-hybridized carbons (Fsp3) is 0.600. The lowest BCUT2D eigenvalue weighted by atomic mass is 10.0. The third-order valence-electron chi connectivity index (χ3n) is 3.05. The number of hydrogen-bond acceptors (Lipinski definition) is 3. The average molecular weight is 251 g/mol. The van der Waals surface area contributed by atoms with E-state index in [1.807, 2.05) is 13.8 Å². The van der Waals surface area contributed by atoms with E-state index in [2.05, 4.69) is 32.0 Å². The molecule has 1 atom stereocenters. The normalized spacial score (nSPS) is 13.0. The van der Waals surface area contributed by atoms with Gasteiger partial charge in [0, 0.05) is 13.2 Å². The lowest BCUT2D eigenvalue weighted by Gasteiger charge is -2.23. The Bertz CT molecular complexity index is 360. The summed E-state index contributed by atoms with van der Waals surface area (Å²) in [5, 5.41) is 0. The summed E-state index contributed by atoms with van der Waals surface area (Å²) in [5.74, 6) is 0. The van der Waals surface area contributed by atoms with Crippen molar-refractivity contribution in [2.24, 2.45) is 5.73 Å². The molecule has 1 rings (SSSR count). The molecule has 0 aliphatic carbocycles. The van der Waals surface area contributed by atoms with E-state index in [-0.39, 0.29) is 12.3 Å². The summed E-state index contributed by atoms with van der Waals surface area (Å²) in [7, 11) is 0. The molecule has 3 heteroatoms. The van der Waals surface area contributed by atoms with Gasteiger partial charge in [-0.25, -0.2) is 0 Å². The summed E-state index contributed by atoms with van der Waals surface area (Å²) in [5.41, 5.74) is 9.99. The van der Waals surface area contributed by atoms with Crippen molar-refractivity contribution < 1.29 is 9.47 Å². The number of benzene rings is 1. The minimum atomic E-state index is -0.318. The lowest BCUT2D eigenvalue weighted by Crippen LogP contribution is -2.40. The molecule has 0 heterocycles. The van der Waals surface area contributed by atoms with Crippen molar-refractivity contribution in [2.45, 2.75) is 46.4 Å². The molecule has 18 heavy (non-hydrogen) atoms. The highest BCUT2D eigenvalue weighted by Gasteiger charge is 2.18. The van der Waals surface area contributed by atoms with Crippen molar-refractivity contribution in [3.8, 4) is 0 Å². The Morgan fingerprint density at radius 1 is 1.06 bits per heavy atom. The van der Waals surface area contributed by atoms with E-state index in [0.29, 0.717) is 13.2 Å². The Morgan fingerprint density at radius 2 is 1.67 bits per heavy atom. The van der Waals surface area contributed by atoms with Crippen LogP contribution in [0.4, 0.5) is 0 Å². The topological polar surface area (TPSA) is 44.5 Å². The fourth-order valence-corrected chi connectivity index (χ4v) is 1.92. The Balaban J connectivity index is 2.66. The molecule has 1 aromatic rings. The van der Waals surface area contributed by atoms with E-state index in [4.69, 9.17) is 15.2 Å². The van der Waals surface area contributed by atoms with E-state index in [1.54, 1.807) is 0 Å². The monoisotopic (exact) mass is 251 g/mol. The molecule has 0 bridgehead atoms. The second-order valence-electron chi connectivity index (χ2n) is 4.57. The van der Waals surface area contributed by atoms with Crippen LogP contribution in [0.1, 0.15) is 30.5 Å². The van der Waals surface area contributed by atoms with Crippen molar-refractivity contribution in [3.05, 3.63) is 34.9 Å². The predicted molar refractivity (Wildman–Crippen MR) is 74.6 cm³/mol. The van der Waals surface area contributed by atoms with Crippen molar-refractivity contribution in [2.75, 3.05) is 13.2 Å². The second kappa shape index (κ2) is 7.52. The number of rotatable bonds is 7. The molecule has 0 aliphatic rings. The molecule has 3 nitrogen and oxygen atoms in total. The summed E-state index contributed by atoms with van der Waals surface area (Å²) in [6, 6.07) is 6.31. The summed E-state index contributed by atoms with van der Waals surface area (Å²) in [4.78, 5) is 0. The van der Waals surface area contributed by atoms with Gasteiger partial charge >= 0.3 is 0 Å². The Labute approximate surface area is 110 Å². The summed E-state index contributed by atoms with van der Waals surface area (Å²) in [6.45, 7) is 9.37. The first-order valence-electron chi connectivity index (χ1n) is 6.63. The SMILES string of the molecule is CCOC(OCC)C(N)Cc1ccc(C)c(C)c1. The van der Waals surface area contributed by atoms with Gasteiger partial charge in [0.1, 0.15) is 0 Å². The molecule has 0 radical (unpaired) electrons. The van der Waals surface area contributed by atoms with Crippen molar-refractivity contribution in [1.82, 2.24) is 0 Å². The minimum Gasteiger partial charge on any atom is -0.351 e. The molecule has 1 unspecified atom stereocenters. The van der Waals surface area contributed by atoms with Crippen LogP contribution in [0.15, 0.2) is 18.2 Å². The molecule has 0 spiro atoms. The molecule has 0 aliphatic heterocycles. The van der Waals surface area contributed by atoms with Gasteiger partial charge in [0.25, 0.3) is 0 Å². The van der Waals surface area contributed by atoms with Crippen LogP contribution in [0.2, 0.25) is 0 Å². The van der Waals surface area contributed by atoms with Crippen LogP contribution in [0.5, 0.6) is 0 Å². The van der Waals surface area contributed by atoms with E-state index >= 15 is 0 Å². The predicted octanol–water partition coefficient (Wildman–Crippen LogP) is 2.57. The smallest absolute Gasteiger partial charge is 0.172 e. The maximum absolute atomic E-state index is 6.16. The first kappa shape index (κ1) is 15.2. The van der Waals surface area contributed by atoms with E-state index < -0.39 is 0 Å². The van der Waals surface area contributed by atoms with Gasteiger partial charge in [0.2, 0.25) is 0 Å². The molecular weight excluding hydrogens is 226 g/mol. The van der Waals surface area contributed by atoms with Gasteiger partial charge in [-0.2, -0.15) is 0 Å². The highest BCUT2D eigenvalue weighted by molar-refractivity contribution is 5.30. The molecule has 0 aromatic heterocycles. The van der Waals surface area contributed by atoms with E-state index in [0.717, 1.165) is 6.42 Å². The van der Waals surface area contributed by atoms with Gasteiger partial charge in [0.05, 0.1) is 6.04 Å². The molecule has 102 valence electrons. The van der Waals surface area contributed by atoms with Gasteiger partial charge in [-0.1, -0.05) is 18.2 Å². The van der Waals surface area contributed by atoms with Crippen LogP contribution in [-0.2, 0) is 15.9 Å². The largest absolute Gasteiger partial charge is 0.351 e. The summed E-state index contributed by atoms with van der Waals surface area (Å²) >= 11 is 0. The standard InChI is InChI=1S/C15H25NO2/c1-5-17-15(18-6-2)14(16)10-13-8-7-11(3)12(4)9-13/h7-9,14-15H,5-6,10,16H2,1-4H3. The molecule has 0 saturated heterocycles. The van der Waals surface area contributed by atoms with Gasteiger partial charge < -0.3 is 15.2 Å². The maximum Gasteiger partial charge on any atom is 0.172 e. The van der Waals surface area contributed by atoms with Crippen LogP contribution in [0.3, 0.4) is 0 Å². The van der Waals surface area contributed by atoms with Crippen molar-refractivity contribution >= 4 is 0 Å². The highest BCUT2D eigenvalue weighted by Crippen LogP contribution is 2.13. The minimum absolute atomic E-state index is 0.132. The van der Waals surface area contributed by atoms with Crippen LogP contribution in [-0.4, -0.2) is 25.5 Å². The maximum atomic E-state index is 6.16. The first-order chi connectivity index (χ1) is 8.58. The van der Waals surface area contributed by atoms with Crippen LogP contribution in [0.25, 0.3) is 0 Å². The summed E-state index contributed by atoms with van der Waals surface area (Å²) < 4.78 is 11.0. The molecule has 0 amide bonds. The van der Waals surface area contributed by atoms with Gasteiger partial charge in [-0.15, -0.1) is 0 Å². The number of ether oxygens (including phenoxy) is 2. The molecule has 0 saturated carbocycles. The van der Waals surface area contributed by atoms with Crippen LogP contribution >= 0.6 is 0 Å². The third kappa shape index (κ3) is 4.41. The molecule has 2 N–H and O–H groups in total. The summed E-state index contributed by atoms with van der Waals surface area (Å²) in [6.07, 6.45) is 0.452. The number of hydrogen-bond donors (Lipinski definition) is 1. The Hall–Kier alpha value is -0.900. The van der Waals surface area contributed by atoms with Crippen molar-refractivity contribution in [3.63, 3.8) is 0 Å². The van der Waals surface area contributed by atoms with Crippen molar-refractivity contribution in [1.29, 1.82) is 0 Å². The number of nitrogens with two attached hydrogens (primary N) is 1. The van der Waals surface area contributed by atoms with Gasteiger partial charge in [-0.05, 0) is 50.8 Å². The second-order valence-corrected chi connectivity index (χ2v) is 4.57. The zero-order valence-electron chi connectivity index (χ0n) is 11.9. The van der Waals surface area contributed by atoms with Gasteiger partial charge in [-0.3, -0.25) is 0 Å². The fourth-order valence-electron chi connectivity index (χ4n) is 1.92. The molecule has 1 aromatic carbocycles. The zero-order valence-corrected chi connectivity index (χ0v) is 11.9.